The monoisotopic (exact) mass is 372 g/mol. The normalized spacial score (nSPS) is 11.3. The number of nitrogens with zero attached hydrogens (tertiary/aromatic N) is 2. The Labute approximate surface area is 159 Å². The molecule has 2 aromatic carbocycles. The van der Waals surface area contributed by atoms with E-state index in [1.807, 2.05) is 42.1 Å². The predicted molar refractivity (Wildman–Crippen MR) is 107 cm³/mol. The van der Waals surface area contributed by atoms with Gasteiger partial charge in [-0.2, -0.15) is 5.10 Å². The number of aromatic nitrogens is 2. The summed E-state index contributed by atoms with van der Waals surface area (Å²) < 4.78 is 1.98. The molecule has 3 rings (SSSR count). The Morgan fingerprint density at radius 3 is 2.20 bits per heavy atom. The van der Waals surface area contributed by atoms with Crippen LogP contribution in [0.5, 0.6) is 0 Å². The Morgan fingerprint density at radius 2 is 1.60 bits per heavy atom. The number of hydrogen-bond donors (Lipinski definition) is 0. The Kier molecular flexibility index (Phi) is 5.51. The Balaban J connectivity index is 2.15. The van der Waals surface area contributed by atoms with Crippen molar-refractivity contribution >= 4 is 23.2 Å². The number of rotatable bonds is 5. The largest absolute Gasteiger partial charge is 0.240 e. The molecule has 0 saturated carbocycles. The van der Waals surface area contributed by atoms with Crippen LogP contribution < -0.4 is 0 Å². The second-order valence-corrected chi connectivity index (χ2v) is 7.13. The third-order valence-electron chi connectivity index (χ3n) is 4.68. The molecule has 0 radical (unpaired) electrons. The van der Waals surface area contributed by atoms with E-state index in [4.69, 9.17) is 23.2 Å². The molecule has 0 aliphatic rings. The molecule has 0 saturated heterocycles. The zero-order chi connectivity index (χ0) is 18.0. The fourth-order valence-corrected chi connectivity index (χ4v) is 3.52. The van der Waals surface area contributed by atoms with Gasteiger partial charge in [-0.3, -0.25) is 0 Å². The zero-order valence-corrected chi connectivity index (χ0v) is 16.3. The third-order valence-corrected chi connectivity index (χ3v) is 5.42. The van der Waals surface area contributed by atoms with E-state index in [2.05, 4.69) is 37.1 Å². The highest BCUT2D eigenvalue weighted by atomic mass is 35.5. The molecule has 0 unspecified atom stereocenters. The van der Waals surface area contributed by atoms with Crippen molar-refractivity contribution in [1.29, 1.82) is 0 Å². The molecule has 0 atom stereocenters. The topological polar surface area (TPSA) is 17.8 Å². The van der Waals surface area contributed by atoms with E-state index in [0.717, 1.165) is 35.3 Å². The second-order valence-electron chi connectivity index (χ2n) is 6.32. The van der Waals surface area contributed by atoms with Crippen molar-refractivity contribution in [2.45, 2.75) is 39.5 Å². The number of halogens is 2. The maximum Gasteiger partial charge on any atom is 0.0686 e. The molecular formula is C21H22Cl2N2. The summed E-state index contributed by atoms with van der Waals surface area (Å²) in [5.74, 6) is 0.516. The number of aryl methyl sites for hydroxylation is 1. The van der Waals surface area contributed by atoms with E-state index in [0.29, 0.717) is 16.0 Å². The molecule has 0 spiro atoms. The second kappa shape index (κ2) is 7.63. The van der Waals surface area contributed by atoms with Gasteiger partial charge in [-0.15, -0.1) is 0 Å². The summed E-state index contributed by atoms with van der Waals surface area (Å²) in [7, 11) is 0. The summed E-state index contributed by atoms with van der Waals surface area (Å²) in [6.45, 7) is 6.48. The van der Waals surface area contributed by atoms with Crippen molar-refractivity contribution in [2.24, 2.45) is 0 Å². The van der Waals surface area contributed by atoms with E-state index in [9.17, 15) is 0 Å². The van der Waals surface area contributed by atoms with Crippen molar-refractivity contribution in [3.63, 3.8) is 0 Å². The van der Waals surface area contributed by atoms with Crippen LogP contribution in [0.15, 0.2) is 48.7 Å². The van der Waals surface area contributed by atoms with Crippen LogP contribution in [0.2, 0.25) is 10.0 Å². The first-order chi connectivity index (χ1) is 12.0. The van der Waals surface area contributed by atoms with E-state index in [-0.39, 0.29) is 0 Å². The van der Waals surface area contributed by atoms with Crippen LogP contribution in [-0.2, 0) is 0 Å². The highest BCUT2D eigenvalue weighted by Gasteiger charge is 2.15. The highest BCUT2D eigenvalue weighted by Crippen LogP contribution is 2.34. The van der Waals surface area contributed by atoms with Gasteiger partial charge in [0.05, 0.1) is 21.4 Å². The molecule has 0 aliphatic carbocycles. The van der Waals surface area contributed by atoms with Gasteiger partial charge in [0.25, 0.3) is 0 Å². The molecule has 2 nitrogen and oxygen atoms in total. The first kappa shape index (κ1) is 18.0. The average molecular weight is 373 g/mol. The van der Waals surface area contributed by atoms with Crippen LogP contribution in [0.25, 0.3) is 16.8 Å². The molecule has 0 fully saturated rings. The molecule has 0 amide bonds. The van der Waals surface area contributed by atoms with Crippen LogP contribution >= 0.6 is 23.2 Å². The van der Waals surface area contributed by atoms with Crippen molar-refractivity contribution in [3.8, 4) is 16.8 Å². The van der Waals surface area contributed by atoms with Crippen LogP contribution in [0, 0.1) is 6.92 Å². The standard InChI is InChI=1S/C21H22Cl2N2/c1-4-15(5-2)18-8-6-17(16-7-9-19(22)20(23)12-16)13-21(18)25-11-10-14(3)24-25/h6-13,15H,4-5H2,1-3H3. The van der Waals surface area contributed by atoms with Gasteiger partial charge >= 0.3 is 0 Å². The molecule has 4 heteroatoms. The molecule has 3 aromatic rings. The summed E-state index contributed by atoms with van der Waals surface area (Å²) >= 11 is 12.3. The lowest BCUT2D eigenvalue weighted by molar-refractivity contribution is 0.634. The van der Waals surface area contributed by atoms with Gasteiger partial charge in [-0.25, -0.2) is 4.68 Å². The minimum atomic E-state index is 0.516. The van der Waals surface area contributed by atoms with Gasteiger partial charge in [0.15, 0.2) is 0 Å². The molecule has 1 heterocycles. The Hall–Kier alpha value is -1.77. The molecule has 0 aliphatic heterocycles. The summed E-state index contributed by atoms with van der Waals surface area (Å²) in [6, 6.07) is 14.4. The molecular weight excluding hydrogens is 351 g/mol. The quantitative estimate of drug-likeness (QED) is 0.468. The lowest BCUT2D eigenvalue weighted by atomic mass is 9.90. The van der Waals surface area contributed by atoms with Crippen molar-refractivity contribution in [3.05, 3.63) is 70.0 Å². The number of benzene rings is 2. The predicted octanol–water partition coefficient (Wildman–Crippen LogP) is 7.06. The van der Waals surface area contributed by atoms with E-state index in [1.165, 1.54) is 5.56 Å². The fourth-order valence-electron chi connectivity index (χ4n) is 3.22. The van der Waals surface area contributed by atoms with Gasteiger partial charge in [-0.05, 0) is 66.6 Å². The van der Waals surface area contributed by atoms with Gasteiger partial charge in [-0.1, -0.05) is 55.2 Å². The van der Waals surface area contributed by atoms with E-state index < -0.39 is 0 Å². The van der Waals surface area contributed by atoms with Crippen LogP contribution in [0.1, 0.15) is 43.9 Å². The van der Waals surface area contributed by atoms with Gasteiger partial charge in [0.1, 0.15) is 0 Å². The maximum absolute atomic E-state index is 6.20. The van der Waals surface area contributed by atoms with Gasteiger partial charge < -0.3 is 0 Å². The summed E-state index contributed by atoms with van der Waals surface area (Å²) in [6.07, 6.45) is 4.24. The van der Waals surface area contributed by atoms with Gasteiger partial charge in [0.2, 0.25) is 0 Å². The summed E-state index contributed by atoms with van der Waals surface area (Å²) in [5, 5.41) is 5.77. The van der Waals surface area contributed by atoms with Gasteiger partial charge in [0, 0.05) is 6.20 Å². The first-order valence-corrected chi connectivity index (χ1v) is 9.41. The molecule has 0 bridgehead atoms. The number of hydrogen-bond acceptors (Lipinski definition) is 1. The minimum absolute atomic E-state index is 0.516. The van der Waals surface area contributed by atoms with Crippen LogP contribution in [0.4, 0.5) is 0 Å². The Bertz CT molecular complexity index is 879. The highest BCUT2D eigenvalue weighted by molar-refractivity contribution is 6.42. The third kappa shape index (κ3) is 3.75. The molecule has 0 N–H and O–H groups in total. The SMILES string of the molecule is CCC(CC)c1ccc(-c2ccc(Cl)c(Cl)c2)cc1-n1ccc(C)n1. The molecule has 130 valence electrons. The van der Waals surface area contributed by atoms with Crippen LogP contribution in [-0.4, -0.2) is 9.78 Å². The van der Waals surface area contributed by atoms with Crippen LogP contribution in [0.3, 0.4) is 0 Å². The summed E-state index contributed by atoms with van der Waals surface area (Å²) in [5.41, 5.74) is 5.63. The first-order valence-electron chi connectivity index (χ1n) is 8.65. The maximum atomic E-state index is 6.20. The average Bonchev–Trinajstić information content (AvgIpc) is 3.05. The zero-order valence-electron chi connectivity index (χ0n) is 14.8. The summed E-state index contributed by atoms with van der Waals surface area (Å²) in [4.78, 5) is 0. The fraction of sp³-hybridized carbons (Fsp3) is 0.286. The smallest absolute Gasteiger partial charge is 0.0686 e. The molecule has 25 heavy (non-hydrogen) atoms. The minimum Gasteiger partial charge on any atom is -0.240 e. The molecule has 1 aromatic heterocycles. The van der Waals surface area contributed by atoms with Crippen molar-refractivity contribution in [1.82, 2.24) is 9.78 Å². The van der Waals surface area contributed by atoms with E-state index >= 15 is 0 Å². The lowest BCUT2D eigenvalue weighted by Crippen LogP contribution is -2.05. The van der Waals surface area contributed by atoms with E-state index in [1.54, 1.807) is 0 Å². The van der Waals surface area contributed by atoms with Crippen molar-refractivity contribution < 1.29 is 0 Å². The van der Waals surface area contributed by atoms with Crippen molar-refractivity contribution in [2.75, 3.05) is 0 Å². The lowest BCUT2D eigenvalue weighted by Gasteiger charge is -2.19. The Morgan fingerprint density at radius 1 is 0.920 bits per heavy atom.